The summed E-state index contributed by atoms with van der Waals surface area (Å²) in [5.74, 6) is -0.0219. The van der Waals surface area contributed by atoms with Crippen molar-refractivity contribution in [3.63, 3.8) is 0 Å². The van der Waals surface area contributed by atoms with Crippen molar-refractivity contribution in [2.24, 2.45) is 5.41 Å². The van der Waals surface area contributed by atoms with Crippen molar-refractivity contribution in [3.05, 3.63) is 34.9 Å². The third-order valence-corrected chi connectivity index (χ3v) is 2.73. The number of benzene rings is 1. The van der Waals surface area contributed by atoms with Crippen LogP contribution < -0.4 is 0 Å². The van der Waals surface area contributed by atoms with E-state index in [1.165, 1.54) is 0 Å². The van der Waals surface area contributed by atoms with Crippen molar-refractivity contribution in [2.45, 2.75) is 33.6 Å². The maximum Gasteiger partial charge on any atom is 0.311 e. The maximum atomic E-state index is 11.6. The summed E-state index contributed by atoms with van der Waals surface area (Å²) in [6.07, 6.45) is 0. The molecule has 3 heteroatoms. The van der Waals surface area contributed by atoms with Crippen LogP contribution in [0.25, 0.3) is 0 Å². The molecule has 0 saturated heterocycles. The lowest BCUT2D eigenvalue weighted by atomic mass is 9.97. The summed E-state index contributed by atoms with van der Waals surface area (Å²) in [4.78, 5) is 11.6. The summed E-state index contributed by atoms with van der Waals surface area (Å²) in [7, 11) is 0. The molecule has 2 nitrogen and oxygen atoms in total. The van der Waals surface area contributed by atoms with Crippen molar-refractivity contribution in [3.8, 4) is 0 Å². The molecular formula is C14H19ClO2. The van der Waals surface area contributed by atoms with Gasteiger partial charge in [-0.15, -0.1) is 0 Å². The molecule has 0 N–H and O–H groups in total. The predicted molar refractivity (Wildman–Crippen MR) is 70.3 cm³/mol. The van der Waals surface area contributed by atoms with Crippen LogP contribution in [0.15, 0.2) is 24.3 Å². The molecular weight excluding hydrogens is 236 g/mol. The summed E-state index contributed by atoms with van der Waals surface area (Å²) < 4.78 is 5.28. The van der Waals surface area contributed by atoms with Crippen LogP contribution in [0.2, 0.25) is 5.02 Å². The first-order valence-corrected chi connectivity index (χ1v) is 6.11. The van der Waals surface area contributed by atoms with E-state index >= 15 is 0 Å². The largest absolute Gasteiger partial charge is 0.465 e. The lowest BCUT2D eigenvalue weighted by molar-refractivity contribution is -0.153. The number of ether oxygens (including phenoxy) is 1. The van der Waals surface area contributed by atoms with E-state index in [1.807, 2.05) is 52.0 Å². The van der Waals surface area contributed by atoms with Crippen LogP contribution in [-0.2, 0) is 9.53 Å². The molecule has 0 spiro atoms. The molecule has 0 aromatic heterocycles. The van der Waals surface area contributed by atoms with E-state index in [2.05, 4.69) is 0 Å². The molecule has 0 heterocycles. The van der Waals surface area contributed by atoms with Crippen LogP contribution in [0.1, 0.15) is 39.2 Å². The van der Waals surface area contributed by atoms with E-state index in [9.17, 15) is 4.79 Å². The van der Waals surface area contributed by atoms with Crippen LogP contribution in [-0.4, -0.2) is 12.6 Å². The smallest absolute Gasteiger partial charge is 0.311 e. The molecule has 1 rings (SSSR count). The maximum absolute atomic E-state index is 11.6. The van der Waals surface area contributed by atoms with Gasteiger partial charge in [-0.1, -0.05) is 30.7 Å². The summed E-state index contributed by atoms with van der Waals surface area (Å²) in [6.45, 7) is 7.94. The number of hydrogen-bond donors (Lipinski definition) is 0. The number of carbonyl (C=O) groups is 1. The predicted octanol–water partition coefficient (Wildman–Crippen LogP) is 4.03. The van der Waals surface area contributed by atoms with Gasteiger partial charge in [0.1, 0.15) is 0 Å². The second-order valence-corrected chi connectivity index (χ2v) is 5.74. The highest BCUT2D eigenvalue weighted by molar-refractivity contribution is 6.30. The highest BCUT2D eigenvalue weighted by atomic mass is 35.5. The zero-order valence-electron chi connectivity index (χ0n) is 10.8. The van der Waals surface area contributed by atoms with Crippen molar-refractivity contribution in [1.82, 2.24) is 0 Å². The van der Waals surface area contributed by atoms with E-state index in [-0.39, 0.29) is 11.9 Å². The summed E-state index contributed by atoms with van der Waals surface area (Å²) in [6, 6.07) is 7.62. The number of rotatable bonds is 3. The molecule has 94 valence electrons. The molecule has 0 fully saturated rings. The normalized spacial score (nSPS) is 13.2. The number of esters is 1. The minimum absolute atomic E-state index is 0.153. The zero-order valence-corrected chi connectivity index (χ0v) is 11.5. The molecule has 1 atom stereocenters. The molecule has 0 saturated carbocycles. The molecule has 1 unspecified atom stereocenters. The highest BCUT2D eigenvalue weighted by Crippen LogP contribution is 2.21. The van der Waals surface area contributed by atoms with Gasteiger partial charge in [-0.25, -0.2) is 0 Å². The number of halogens is 1. The number of hydrogen-bond acceptors (Lipinski definition) is 2. The molecule has 17 heavy (non-hydrogen) atoms. The fraction of sp³-hybridized carbons (Fsp3) is 0.500. The molecule has 1 aromatic rings. The minimum atomic E-state index is -0.450. The van der Waals surface area contributed by atoms with Gasteiger partial charge in [0.05, 0.1) is 12.0 Å². The van der Waals surface area contributed by atoms with Crippen LogP contribution in [0.4, 0.5) is 0 Å². The summed E-state index contributed by atoms with van der Waals surface area (Å²) in [5.41, 5.74) is 0.632. The van der Waals surface area contributed by atoms with Gasteiger partial charge in [-0.2, -0.15) is 0 Å². The topological polar surface area (TPSA) is 26.3 Å². The van der Waals surface area contributed by atoms with Crippen molar-refractivity contribution in [1.29, 1.82) is 0 Å². The van der Waals surface area contributed by atoms with Crippen molar-refractivity contribution in [2.75, 3.05) is 6.61 Å². The van der Waals surface area contributed by atoms with E-state index in [0.717, 1.165) is 5.56 Å². The standard InChI is InChI=1S/C14H19ClO2/c1-10(9-17-13(16)14(2,3)4)11-6-5-7-12(15)8-11/h5-8,10H,9H2,1-4H3. The zero-order chi connectivity index (χ0) is 13.1. The van der Waals surface area contributed by atoms with Gasteiger partial charge in [0.15, 0.2) is 0 Å². The average Bonchev–Trinajstić information content (AvgIpc) is 2.24. The Morgan fingerprint density at radius 1 is 1.41 bits per heavy atom. The Labute approximate surface area is 108 Å². The monoisotopic (exact) mass is 254 g/mol. The second kappa shape index (κ2) is 5.54. The molecule has 0 aliphatic rings. The van der Waals surface area contributed by atoms with Crippen LogP contribution in [0.5, 0.6) is 0 Å². The van der Waals surface area contributed by atoms with E-state index < -0.39 is 5.41 Å². The van der Waals surface area contributed by atoms with E-state index in [0.29, 0.717) is 11.6 Å². The van der Waals surface area contributed by atoms with Crippen molar-refractivity contribution < 1.29 is 9.53 Å². The Bertz CT molecular complexity index is 393. The second-order valence-electron chi connectivity index (χ2n) is 5.30. The van der Waals surface area contributed by atoms with Gasteiger partial charge in [0.2, 0.25) is 0 Å². The first-order valence-electron chi connectivity index (χ1n) is 5.73. The fourth-order valence-corrected chi connectivity index (χ4v) is 1.53. The molecule has 0 aliphatic heterocycles. The molecule has 0 amide bonds. The van der Waals surface area contributed by atoms with Crippen LogP contribution in [0.3, 0.4) is 0 Å². The Balaban J connectivity index is 2.56. The fourth-order valence-electron chi connectivity index (χ4n) is 1.33. The number of carbonyl (C=O) groups excluding carboxylic acids is 1. The Morgan fingerprint density at radius 3 is 2.59 bits per heavy atom. The van der Waals surface area contributed by atoms with E-state index in [1.54, 1.807) is 0 Å². The molecule has 0 aliphatic carbocycles. The highest BCUT2D eigenvalue weighted by Gasteiger charge is 2.23. The van der Waals surface area contributed by atoms with Gasteiger partial charge in [0, 0.05) is 10.9 Å². The molecule has 1 aromatic carbocycles. The van der Waals surface area contributed by atoms with Gasteiger partial charge in [-0.3, -0.25) is 4.79 Å². The van der Waals surface area contributed by atoms with Gasteiger partial charge < -0.3 is 4.74 Å². The Kier molecular flexibility index (Phi) is 4.58. The molecule has 0 radical (unpaired) electrons. The van der Waals surface area contributed by atoms with E-state index in [4.69, 9.17) is 16.3 Å². The lowest BCUT2D eigenvalue weighted by Gasteiger charge is -2.19. The van der Waals surface area contributed by atoms with Crippen LogP contribution >= 0.6 is 11.6 Å². The first-order chi connectivity index (χ1) is 7.80. The Morgan fingerprint density at radius 2 is 2.06 bits per heavy atom. The third kappa shape index (κ3) is 4.39. The third-order valence-electron chi connectivity index (χ3n) is 2.49. The Hall–Kier alpha value is -1.02. The minimum Gasteiger partial charge on any atom is -0.465 e. The lowest BCUT2D eigenvalue weighted by Crippen LogP contribution is -2.24. The first kappa shape index (κ1) is 14.0. The molecule has 0 bridgehead atoms. The van der Waals surface area contributed by atoms with Crippen molar-refractivity contribution >= 4 is 17.6 Å². The van der Waals surface area contributed by atoms with Gasteiger partial charge in [0.25, 0.3) is 0 Å². The summed E-state index contributed by atoms with van der Waals surface area (Å²) in [5, 5.41) is 0.705. The van der Waals surface area contributed by atoms with Gasteiger partial charge >= 0.3 is 5.97 Å². The quantitative estimate of drug-likeness (QED) is 0.761. The SMILES string of the molecule is CC(COC(=O)C(C)(C)C)c1cccc(Cl)c1. The van der Waals surface area contributed by atoms with Crippen LogP contribution in [0, 0.1) is 5.41 Å². The van der Waals surface area contributed by atoms with Gasteiger partial charge in [-0.05, 0) is 38.5 Å². The average molecular weight is 255 g/mol. The summed E-state index contributed by atoms with van der Waals surface area (Å²) >= 11 is 5.92.